The van der Waals surface area contributed by atoms with Gasteiger partial charge in [-0.05, 0) is 62.7 Å². The third-order valence-electron chi connectivity index (χ3n) is 4.43. The number of hydrogen-bond donors (Lipinski definition) is 1. The van der Waals surface area contributed by atoms with E-state index in [9.17, 15) is 10.1 Å². The summed E-state index contributed by atoms with van der Waals surface area (Å²) in [5.74, 6) is 0.215. The zero-order valence-corrected chi connectivity index (χ0v) is 15.6. The van der Waals surface area contributed by atoms with Gasteiger partial charge in [-0.3, -0.25) is 4.79 Å². The molecule has 0 fully saturated rings. The number of nitrogens with one attached hydrogen (secondary N) is 1. The maximum absolute atomic E-state index is 12.3. The lowest BCUT2D eigenvalue weighted by atomic mass is 10.1. The molecule has 2 heterocycles. The van der Waals surface area contributed by atoms with Gasteiger partial charge >= 0.3 is 0 Å². The van der Waals surface area contributed by atoms with Crippen LogP contribution in [0.5, 0.6) is 0 Å². The number of aryl methyl sites for hydroxylation is 2. The first-order chi connectivity index (χ1) is 13.0. The highest BCUT2D eigenvalue weighted by atomic mass is 16.3. The largest absolute Gasteiger partial charge is 0.467 e. The monoisotopic (exact) mass is 359 g/mol. The van der Waals surface area contributed by atoms with Crippen LogP contribution < -0.4 is 5.32 Å². The average Bonchev–Trinajstić information content (AvgIpc) is 3.27. The van der Waals surface area contributed by atoms with Crippen molar-refractivity contribution in [3.8, 4) is 11.8 Å². The highest BCUT2D eigenvalue weighted by Gasteiger charge is 2.14. The van der Waals surface area contributed by atoms with Crippen LogP contribution >= 0.6 is 0 Å². The van der Waals surface area contributed by atoms with Crippen molar-refractivity contribution in [1.29, 1.82) is 5.26 Å². The van der Waals surface area contributed by atoms with Crippen molar-refractivity contribution < 1.29 is 9.21 Å². The minimum absolute atomic E-state index is 0.0608. The molecule has 0 atom stereocenters. The van der Waals surface area contributed by atoms with Gasteiger partial charge in [0.05, 0.1) is 12.8 Å². The predicted molar refractivity (Wildman–Crippen MR) is 104 cm³/mol. The number of hydrogen-bond acceptors (Lipinski definition) is 3. The molecule has 0 saturated carbocycles. The first-order valence-electron chi connectivity index (χ1n) is 8.68. The van der Waals surface area contributed by atoms with Crippen LogP contribution in [-0.2, 0) is 11.3 Å². The molecule has 27 heavy (non-hydrogen) atoms. The standard InChI is InChI=1S/C22H21N3O2/c1-15-6-8-20(9-7-15)25-16(2)11-18(17(25)3)12-19(13-23)22(26)24-14-21-5-4-10-27-21/h4-12H,14H2,1-3H3,(H,24,26). The zero-order valence-electron chi connectivity index (χ0n) is 15.6. The normalized spacial score (nSPS) is 11.3. The molecule has 0 spiro atoms. The van der Waals surface area contributed by atoms with E-state index in [0.29, 0.717) is 5.76 Å². The van der Waals surface area contributed by atoms with Crippen LogP contribution in [0.25, 0.3) is 11.8 Å². The van der Waals surface area contributed by atoms with E-state index in [1.165, 1.54) is 5.56 Å². The fourth-order valence-electron chi connectivity index (χ4n) is 3.00. The van der Waals surface area contributed by atoms with Gasteiger partial charge in [0.25, 0.3) is 5.91 Å². The van der Waals surface area contributed by atoms with Crippen LogP contribution in [0.3, 0.4) is 0 Å². The van der Waals surface area contributed by atoms with Gasteiger partial charge in [0.15, 0.2) is 0 Å². The Hall–Kier alpha value is -3.52. The molecular weight excluding hydrogens is 338 g/mol. The first kappa shape index (κ1) is 18.3. The molecular formula is C22H21N3O2. The maximum Gasteiger partial charge on any atom is 0.262 e. The summed E-state index contributed by atoms with van der Waals surface area (Å²) in [7, 11) is 0. The Bertz CT molecular complexity index is 1020. The number of benzene rings is 1. The number of rotatable bonds is 5. The average molecular weight is 359 g/mol. The number of carbonyl (C=O) groups excluding carboxylic acids is 1. The van der Waals surface area contributed by atoms with Gasteiger partial charge in [-0.15, -0.1) is 0 Å². The summed E-state index contributed by atoms with van der Waals surface area (Å²) >= 11 is 0. The molecule has 1 amide bonds. The lowest BCUT2D eigenvalue weighted by Gasteiger charge is -2.10. The summed E-state index contributed by atoms with van der Waals surface area (Å²) in [5.41, 5.74) is 5.17. The van der Waals surface area contributed by atoms with Crippen LogP contribution in [0.4, 0.5) is 0 Å². The maximum atomic E-state index is 12.3. The third-order valence-corrected chi connectivity index (χ3v) is 4.43. The Labute approximate surface area is 158 Å². The smallest absolute Gasteiger partial charge is 0.262 e. The lowest BCUT2D eigenvalue weighted by molar-refractivity contribution is -0.117. The molecule has 0 aliphatic heterocycles. The quantitative estimate of drug-likeness (QED) is 0.548. The Balaban J connectivity index is 1.86. The van der Waals surface area contributed by atoms with Crippen molar-refractivity contribution in [2.24, 2.45) is 0 Å². The third kappa shape index (κ3) is 4.01. The van der Waals surface area contributed by atoms with E-state index in [1.807, 2.05) is 32.9 Å². The second kappa shape index (κ2) is 7.79. The number of aromatic nitrogens is 1. The molecule has 0 radical (unpaired) electrons. The van der Waals surface area contributed by atoms with Crippen molar-refractivity contribution in [1.82, 2.24) is 9.88 Å². The molecule has 1 aromatic carbocycles. The number of amides is 1. The minimum atomic E-state index is -0.422. The van der Waals surface area contributed by atoms with Gasteiger partial charge in [-0.2, -0.15) is 5.26 Å². The Morgan fingerprint density at radius 2 is 1.96 bits per heavy atom. The number of nitrogens with zero attached hydrogens (tertiary/aromatic N) is 2. The van der Waals surface area contributed by atoms with Gasteiger partial charge in [-0.25, -0.2) is 0 Å². The van der Waals surface area contributed by atoms with Gasteiger partial charge < -0.3 is 14.3 Å². The summed E-state index contributed by atoms with van der Waals surface area (Å²) in [6.45, 7) is 6.28. The Morgan fingerprint density at radius 1 is 1.22 bits per heavy atom. The van der Waals surface area contributed by atoms with E-state index in [4.69, 9.17) is 4.42 Å². The van der Waals surface area contributed by atoms with E-state index in [2.05, 4.69) is 34.1 Å². The van der Waals surface area contributed by atoms with E-state index < -0.39 is 5.91 Å². The van der Waals surface area contributed by atoms with Crippen molar-refractivity contribution in [3.63, 3.8) is 0 Å². The molecule has 0 bridgehead atoms. The first-order valence-corrected chi connectivity index (χ1v) is 8.68. The number of carbonyl (C=O) groups is 1. The van der Waals surface area contributed by atoms with Crippen LogP contribution in [-0.4, -0.2) is 10.5 Å². The van der Waals surface area contributed by atoms with Crippen molar-refractivity contribution in [2.75, 3.05) is 0 Å². The minimum Gasteiger partial charge on any atom is -0.467 e. The van der Waals surface area contributed by atoms with Crippen molar-refractivity contribution in [2.45, 2.75) is 27.3 Å². The van der Waals surface area contributed by atoms with Crippen molar-refractivity contribution in [3.05, 3.63) is 82.6 Å². The molecule has 0 aliphatic carbocycles. The molecule has 3 aromatic rings. The van der Waals surface area contributed by atoms with E-state index in [1.54, 1.807) is 24.5 Å². The molecule has 0 aliphatic rings. The summed E-state index contributed by atoms with van der Waals surface area (Å²) < 4.78 is 7.30. The highest BCUT2D eigenvalue weighted by molar-refractivity contribution is 6.01. The SMILES string of the molecule is Cc1ccc(-n2c(C)cc(C=C(C#N)C(=O)NCc3ccco3)c2C)cc1. The molecule has 1 N–H and O–H groups in total. The van der Waals surface area contributed by atoms with Gasteiger partial charge in [0, 0.05) is 17.1 Å². The summed E-state index contributed by atoms with van der Waals surface area (Å²) in [6.07, 6.45) is 3.17. The van der Waals surface area contributed by atoms with Gasteiger partial charge in [-0.1, -0.05) is 17.7 Å². The fraction of sp³-hybridized carbons (Fsp3) is 0.182. The summed E-state index contributed by atoms with van der Waals surface area (Å²) in [6, 6.07) is 15.7. The molecule has 136 valence electrons. The Morgan fingerprint density at radius 3 is 2.59 bits per heavy atom. The zero-order chi connectivity index (χ0) is 19.4. The number of furan rings is 1. The van der Waals surface area contributed by atoms with E-state index in [0.717, 1.165) is 22.6 Å². The molecule has 5 heteroatoms. The topological polar surface area (TPSA) is 71.0 Å². The van der Waals surface area contributed by atoms with Crippen molar-refractivity contribution >= 4 is 12.0 Å². The Kier molecular flexibility index (Phi) is 5.28. The second-order valence-electron chi connectivity index (χ2n) is 6.43. The highest BCUT2D eigenvalue weighted by Crippen LogP contribution is 2.23. The lowest BCUT2D eigenvalue weighted by Crippen LogP contribution is -2.23. The van der Waals surface area contributed by atoms with Crippen LogP contribution in [0.2, 0.25) is 0 Å². The van der Waals surface area contributed by atoms with Crippen LogP contribution in [0.1, 0.15) is 28.3 Å². The van der Waals surface area contributed by atoms with Gasteiger partial charge in [0.2, 0.25) is 0 Å². The fourth-order valence-corrected chi connectivity index (χ4v) is 3.00. The summed E-state index contributed by atoms with van der Waals surface area (Å²) in [5, 5.41) is 12.1. The molecule has 3 rings (SSSR count). The molecule has 2 aromatic heterocycles. The van der Waals surface area contributed by atoms with Crippen LogP contribution in [0, 0.1) is 32.1 Å². The molecule has 0 unspecified atom stereocenters. The molecule has 5 nitrogen and oxygen atoms in total. The van der Waals surface area contributed by atoms with Gasteiger partial charge in [0.1, 0.15) is 17.4 Å². The van der Waals surface area contributed by atoms with E-state index >= 15 is 0 Å². The van der Waals surface area contributed by atoms with Crippen LogP contribution in [0.15, 0.2) is 58.7 Å². The second-order valence-corrected chi connectivity index (χ2v) is 6.43. The predicted octanol–water partition coefficient (Wildman–Crippen LogP) is 4.22. The summed E-state index contributed by atoms with van der Waals surface area (Å²) in [4.78, 5) is 12.3. The molecule has 0 saturated heterocycles. The number of nitriles is 1. The van der Waals surface area contributed by atoms with E-state index in [-0.39, 0.29) is 12.1 Å².